The Morgan fingerprint density at radius 1 is 1.14 bits per heavy atom. The number of aryl methyl sites for hydroxylation is 1. The van der Waals surface area contributed by atoms with Crippen molar-refractivity contribution in [1.29, 1.82) is 0 Å². The first-order chi connectivity index (χ1) is 16.3. The fourth-order valence-electron chi connectivity index (χ4n) is 4.17. The van der Waals surface area contributed by atoms with E-state index in [1.165, 1.54) is 0 Å². The van der Waals surface area contributed by atoms with Gasteiger partial charge in [0.25, 0.3) is 0 Å². The number of nitrogens with one attached hydrogen (secondary N) is 2. The summed E-state index contributed by atoms with van der Waals surface area (Å²) in [5.41, 5.74) is 1.18. The number of carbonyl (C=O) groups excluding carboxylic acids is 3. The van der Waals surface area contributed by atoms with Crippen molar-refractivity contribution in [2.24, 2.45) is 11.8 Å². The Hall–Kier alpha value is -2.57. The molecule has 1 aliphatic carbocycles. The Morgan fingerprint density at radius 3 is 2.23 bits per heavy atom. The molecule has 1 aromatic carbocycles. The highest BCUT2D eigenvalue weighted by molar-refractivity contribution is 5.92. The van der Waals surface area contributed by atoms with Crippen molar-refractivity contribution >= 4 is 17.9 Å². The van der Waals surface area contributed by atoms with Crippen LogP contribution in [0.5, 0.6) is 0 Å². The maximum absolute atomic E-state index is 14.1. The molecule has 0 bridgehead atoms. The van der Waals surface area contributed by atoms with Gasteiger partial charge in [-0.25, -0.2) is 4.79 Å². The number of rotatable bonds is 11. The molecule has 4 atom stereocenters. The molecule has 7 nitrogen and oxygen atoms in total. The van der Waals surface area contributed by atoms with E-state index >= 15 is 0 Å². The van der Waals surface area contributed by atoms with Gasteiger partial charge in [-0.05, 0) is 64.4 Å². The van der Waals surface area contributed by atoms with Gasteiger partial charge in [0.15, 0.2) is 0 Å². The number of unbranched alkanes of at least 4 members (excludes halogenated alkanes) is 1. The normalized spacial score (nSPS) is 19.0. The minimum atomic E-state index is -0.783. The van der Waals surface area contributed by atoms with E-state index in [-0.39, 0.29) is 29.7 Å². The quantitative estimate of drug-likeness (QED) is 0.424. The average Bonchev–Trinajstić information content (AvgIpc) is 3.46. The molecule has 1 aliphatic rings. The Morgan fingerprint density at radius 2 is 1.74 bits per heavy atom. The molecule has 0 aliphatic heterocycles. The van der Waals surface area contributed by atoms with Crippen LogP contribution in [0, 0.1) is 18.8 Å². The molecule has 1 fully saturated rings. The van der Waals surface area contributed by atoms with E-state index in [1.54, 1.807) is 25.7 Å². The summed E-state index contributed by atoms with van der Waals surface area (Å²) in [5.74, 6) is 0.0237. The van der Waals surface area contributed by atoms with Crippen molar-refractivity contribution in [3.63, 3.8) is 0 Å². The highest BCUT2D eigenvalue weighted by Crippen LogP contribution is 2.41. The van der Waals surface area contributed by atoms with E-state index in [0.717, 1.165) is 30.4 Å². The van der Waals surface area contributed by atoms with Crippen molar-refractivity contribution in [1.82, 2.24) is 15.5 Å². The highest BCUT2D eigenvalue weighted by Gasteiger charge is 2.48. The average molecular weight is 488 g/mol. The summed E-state index contributed by atoms with van der Waals surface area (Å²) in [6.45, 7) is 16.1. The SMILES string of the molecule is CCCCNC(=O)C(c1ccc(C)cc1)N(C(=O)C(CC(C)C)NC(=O)OC(C)(C)C)C1CC1C. The number of hydrogen-bond acceptors (Lipinski definition) is 4. The van der Waals surface area contributed by atoms with Crippen LogP contribution >= 0.6 is 0 Å². The molecule has 0 spiro atoms. The first-order valence-electron chi connectivity index (χ1n) is 13.0. The lowest BCUT2D eigenvalue weighted by Gasteiger charge is -2.35. The highest BCUT2D eigenvalue weighted by atomic mass is 16.6. The summed E-state index contributed by atoms with van der Waals surface area (Å²) < 4.78 is 5.45. The standard InChI is InChI=1S/C28H45N3O4/c1-9-10-15-29-25(32)24(21-13-11-19(4)12-14-21)31(23-17-20(23)5)26(33)22(16-18(2)3)30-27(34)35-28(6,7)8/h11-14,18,20,22-24H,9-10,15-17H2,1-8H3,(H,29,32)(H,30,34). The van der Waals surface area contributed by atoms with Crippen LogP contribution in [0.15, 0.2) is 24.3 Å². The molecule has 35 heavy (non-hydrogen) atoms. The van der Waals surface area contributed by atoms with Gasteiger partial charge in [-0.2, -0.15) is 0 Å². The Bertz CT molecular complexity index is 860. The van der Waals surface area contributed by atoms with Gasteiger partial charge in [-0.3, -0.25) is 9.59 Å². The molecule has 0 saturated heterocycles. The summed E-state index contributed by atoms with van der Waals surface area (Å²) in [5, 5.41) is 5.84. The lowest BCUT2D eigenvalue weighted by Crippen LogP contribution is -2.54. The van der Waals surface area contributed by atoms with Gasteiger partial charge in [0.05, 0.1) is 0 Å². The molecule has 2 rings (SSSR count). The second kappa shape index (κ2) is 12.4. The summed E-state index contributed by atoms with van der Waals surface area (Å²) in [6, 6.07) is 6.17. The van der Waals surface area contributed by atoms with Gasteiger partial charge in [-0.15, -0.1) is 0 Å². The zero-order valence-corrected chi connectivity index (χ0v) is 22.8. The number of benzene rings is 1. The van der Waals surface area contributed by atoms with Crippen LogP contribution in [-0.2, 0) is 14.3 Å². The van der Waals surface area contributed by atoms with Crippen molar-refractivity contribution in [3.05, 3.63) is 35.4 Å². The first kappa shape index (κ1) is 28.7. The number of hydrogen-bond donors (Lipinski definition) is 2. The molecular weight excluding hydrogens is 442 g/mol. The summed E-state index contributed by atoms with van der Waals surface area (Å²) >= 11 is 0. The molecule has 0 heterocycles. The summed E-state index contributed by atoms with van der Waals surface area (Å²) in [6.07, 6.45) is 2.49. The first-order valence-corrected chi connectivity index (χ1v) is 13.0. The monoisotopic (exact) mass is 487 g/mol. The molecule has 4 unspecified atom stereocenters. The maximum atomic E-state index is 14.1. The maximum Gasteiger partial charge on any atom is 0.408 e. The van der Waals surface area contributed by atoms with Gasteiger partial charge in [0, 0.05) is 12.6 Å². The second-order valence-corrected chi connectivity index (χ2v) is 11.3. The molecule has 7 heteroatoms. The largest absolute Gasteiger partial charge is 0.444 e. The van der Waals surface area contributed by atoms with Gasteiger partial charge in [0.1, 0.15) is 17.7 Å². The Kier molecular flexibility index (Phi) is 10.2. The smallest absolute Gasteiger partial charge is 0.408 e. The predicted molar refractivity (Wildman–Crippen MR) is 139 cm³/mol. The molecular formula is C28H45N3O4. The van der Waals surface area contributed by atoms with Crippen LogP contribution < -0.4 is 10.6 Å². The van der Waals surface area contributed by atoms with Crippen LogP contribution in [0.4, 0.5) is 4.79 Å². The van der Waals surface area contributed by atoms with Crippen molar-refractivity contribution in [2.45, 2.75) is 105 Å². The van der Waals surface area contributed by atoms with E-state index in [1.807, 2.05) is 45.0 Å². The second-order valence-electron chi connectivity index (χ2n) is 11.3. The van der Waals surface area contributed by atoms with Gasteiger partial charge >= 0.3 is 6.09 Å². The predicted octanol–water partition coefficient (Wildman–Crippen LogP) is 5.13. The van der Waals surface area contributed by atoms with E-state index in [2.05, 4.69) is 24.5 Å². The molecule has 0 radical (unpaired) electrons. The van der Waals surface area contributed by atoms with Crippen molar-refractivity contribution < 1.29 is 19.1 Å². The van der Waals surface area contributed by atoms with E-state index in [0.29, 0.717) is 13.0 Å². The zero-order valence-electron chi connectivity index (χ0n) is 22.8. The van der Waals surface area contributed by atoms with Crippen LogP contribution in [-0.4, -0.2) is 47.0 Å². The van der Waals surface area contributed by atoms with Gasteiger partial charge in [-0.1, -0.05) is 63.9 Å². The number of ether oxygens (including phenoxy) is 1. The number of amides is 3. The Labute approximate surface area is 211 Å². The third-order valence-corrected chi connectivity index (χ3v) is 6.12. The molecule has 1 aromatic rings. The van der Waals surface area contributed by atoms with E-state index < -0.39 is 23.8 Å². The Balaban J connectivity index is 2.43. The zero-order chi connectivity index (χ0) is 26.3. The fraction of sp³-hybridized carbons (Fsp3) is 0.679. The van der Waals surface area contributed by atoms with Gasteiger partial charge < -0.3 is 20.3 Å². The van der Waals surface area contributed by atoms with Gasteiger partial charge in [0.2, 0.25) is 11.8 Å². The van der Waals surface area contributed by atoms with Crippen LogP contribution in [0.2, 0.25) is 0 Å². The minimum Gasteiger partial charge on any atom is -0.444 e. The summed E-state index contributed by atoms with van der Waals surface area (Å²) in [7, 11) is 0. The van der Waals surface area contributed by atoms with Crippen LogP contribution in [0.25, 0.3) is 0 Å². The van der Waals surface area contributed by atoms with Crippen LogP contribution in [0.3, 0.4) is 0 Å². The number of carbonyl (C=O) groups is 3. The topological polar surface area (TPSA) is 87.7 Å². The van der Waals surface area contributed by atoms with Crippen molar-refractivity contribution in [3.8, 4) is 0 Å². The number of alkyl carbamates (subject to hydrolysis) is 1. The minimum absolute atomic E-state index is 0.0548. The third-order valence-electron chi connectivity index (χ3n) is 6.12. The van der Waals surface area contributed by atoms with Crippen LogP contribution in [0.1, 0.15) is 91.3 Å². The fourth-order valence-corrected chi connectivity index (χ4v) is 4.17. The van der Waals surface area contributed by atoms with E-state index in [4.69, 9.17) is 4.74 Å². The third kappa shape index (κ3) is 8.86. The number of nitrogens with zero attached hydrogens (tertiary/aromatic N) is 1. The molecule has 3 amide bonds. The summed E-state index contributed by atoms with van der Waals surface area (Å²) in [4.78, 5) is 42.0. The molecule has 0 aromatic heterocycles. The van der Waals surface area contributed by atoms with E-state index in [9.17, 15) is 14.4 Å². The lowest BCUT2D eigenvalue weighted by atomic mass is 9.98. The van der Waals surface area contributed by atoms with Crippen molar-refractivity contribution in [2.75, 3.05) is 6.54 Å². The molecule has 1 saturated carbocycles. The lowest BCUT2D eigenvalue weighted by molar-refractivity contribution is -0.143. The molecule has 2 N–H and O–H groups in total. The molecule has 196 valence electrons.